The van der Waals surface area contributed by atoms with E-state index in [0.717, 1.165) is 3.57 Å². The lowest BCUT2D eigenvalue weighted by Gasteiger charge is -2.07. The van der Waals surface area contributed by atoms with E-state index in [2.05, 4.69) is 33.2 Å². The monoisotopic (exact) mass is 352 g/mol. The van der Waals surface area contributed by atoms with Gasteiger partial charge >= 0.3 is 0 Å². The molecule has 0 unspecified atom stereocenters. The first-order valence-electron chi connectivity index (χ1n) is 4.48. The summed E-state index contributed by atoms with van der Waals surface area (Å²) in [4.78, 5) is 22.0. The van der Waals surface area contributed by atoms with Crippen LogP contribution in [0.15, 0.2) is 18.2 Å². The molecule has 0 heterocycles. The van der Waals surface area contributed by atoms with E-state index < -0.39 is 0 Å². The molecule has 2 N–H and O–H groups in total. The molecule has 16 heavy (non-hydrogen) atoms. The molecule has 0 aliphatic carbocycles. The lowest BCUT2D eigenvalue weighted by atomic mass is 10.3. The molecule has 0 saturated carbocycles. The van der Waals surface area contributed by atoms with Gasteiger partial charge in [0.05, 0.1) is 12.2 Å². The van der Waals surface area contributed by atoms with Gasteiger partial charge in [0.25, 0.3) is 0 Å². The number of hydrogen-bond acceptors (Lipinski definition) is 2. The molecule has 0 saturated heterocycles. The van der Waals surface area contributed by atoms with Crippen molar-refractivity contribution in [1.82, 2.24) is 5.32 Å². The Balaban J connectivity index is 2.59. The van der Waals surface area contributed by atoms with E-state index in [1.807, 2.05) is 0 Å². The van der Waals surface area contributed by atoms with Crippen LogP contribution in [-0.2, 0) is 9.59 Å². The fourth-order valence-corrected chi connectivity index (χ4v) is 2.00. The minimum atomic E-state index is -0.268. The predicted octanol–water partition coefficient (Wildman–Crippen LogP) is 2.02. The topological polar surface area (TPSA) is 58.2 Å². The van der Waals surface area contributed by atoms with Gasteiger partial charge < -0.3 is 10.6 Å². The Morgan fingerprint density at radius 1 is 1.44 bits per heavy atom. The van der Waals surface area contributed by atoms with Crippen LogP contribution < -0.4 is 10.6 Å². The number of nitrogens with one attached hydrogen (secondary N) is 2. The number of carbonyl (C=O) groups excluding carboxylic acids is 2. The maximum atomic E-state index is 11.4. The van der Waals surface area contributed by atoms with E-state index in [1.54, 1.807) is 18.2 Å². The minimum absolute atomic E-state index is 0.0337. The largest absolute Gasteiger partial charge is 0.347 e. The first-order chi connectivity index (χ1) is 7.49. The Bertz CT molecular complexity index is 423. The second kappa shape index (κ2) is 6.05. The molecule has 1 aromatic carbocycles. The number of anilines is 1. The number of carbonyl (C=O) groups is 2. The summed E-state index contributed by atoms with van der Waals surface area (Å²) in [5.74, 6) is -0.503. The molecule has 0 aliphatic rings. The summed E-state index contributed by atoms with van der Waals surface area (Å²) >= 11 is 7.86. The lowest BCUT2D eigenvalue weighted by molar-refractivity contribution is -0.122. The van der Waals surface area contributed by atoms with Crippen LogP contribution >= 0.6 is 34.2 Å². The molecule has 0 aliphatic heterocycles. The van der Waals surface area contributed by atoms with Gasteiger partial charge in [0.15, 0.2) is 0 Å². The van der Waals surface area contributed by atoms with E-state index in [0.29, 0.717) is 10.7 Å². The fourth-order valence-electron chi connectivity index (χ4n) is 0.990. The predicted molar refractivity (Wildman–Crippen MR) is 71.5 cm³/mol. The van der Waals surface area contributed by atoms with Crippen LogP contribution in [0.25, 0.3) is 0 Å². The average molecular weight is 353 g/mol. The molecule has 1 rings (SSSR count). The van der Waals surface area contributed by atoms with Crippen molar-refractivity contribution in [1.29, 1.82) is 0 Å². The van der Waals surface area contributed by atoms with Gasteiger partial charge in [-0.2, -0.15) is 0 Å². The quantitative estimate of drug-likeness (QED) is 0.818. The molecule has 2 amide bonds. The molecule has 86 valence electrons. The summed E-state index contributed by atoms with van der Waals surface area (Å²) in [5, 5.41) is 5.70. The van der Waals surface area contributed by atoms with Crippen molar-refractivity contribution < 1.29 is 9.59 Å². The molecule has 1 aromatic rings. The second-order valence-electron chi connectivity index (χ2n) is 3.08. The molecule has 0 fully saturated rings. The summed E-state index contributed by atoms with van der Waals surface area (Å²) in [7, 11) is 0. The molecule has 6 heteroatoms. The Hall–Kier alpha value is -0.820. The highest BCUT2D eigenvalue weighted by Crippen LogP contribution is 2.21. The van der Waals surface area contributed by atoms with Crippen LogP contribution in [0.4, 0.5) is 5.69 Å². The third-order valence-electron chi connectivity index (χ3n) is 1.70. The first-order valence-corrected chi connectivity index (χ1v) is 5.94. The third kappa shape index (κ3) is 4.36. The van der Waals surface area contributed by atoms with E-state index in [1.165, 1.54) is 6.92 Å². The van der Waals surface area contributed by atoms with Crippen molar-refractivity contribution >= 4 is 51.7 Å². The van der Waals surface area contributed by atoms with Crippen LogP contribution in [0, 0.1) is 3.57 Å². The molecule has 0 atom stereocenters. The van der Waals surface area contributed by atoms with Gasteiger partial charge in [-0.25, -0.2) is 0 Å². The summed E-state index contributed by atoms with van der Waals surface area (Å²) in [5.41, 5.74) is 0.681. The van der Waals surface area contributed by atoms with Gasteiger partial charge in [-0.15, -0.1) is 0 Å². The molecule has 0 radical (unpaired) electrons. The van der Waals surface area contributed by atoms with Crippen molar-refractivity contribution in [3.05, 3.63) is 26.8 Å². The smallest absolute Gasteiger partial charge is 0.243 e. The molecule has 0 bridgehead atoms. The normalized spacial score (nSPS) is 9.69. The Morgan fingerprint density at radius 2 is 2.12 bits per heavy atom. The summed E-state index contributed by atoms with van der Waals surface area (Å²) in [6, 6.07) is 5.16. The number of halogens is 2. The van der Waals surface area contributed by atoms with Crippen molar-refractivity contribution in [3.8, 4) is 0 Å². The maximum absolute atomic E-state index is 11.4. The zero-order valence-electron chi connectivity index (χ0n) is 8.51. The first kappa shape index (κ1) is 13.2. The van der Waals surface area contributed by atoms with E-state index in [9.17, 15) is 9.59 Å². The summed E-state index contributed by atoms with van der Waals surface area (Å²) in [6.45, 7) is 1.33. The van der Waals surface area contributed by atoms with E-state index in [-0.39, 0.29) is 18.4 Å². The van der Waals surface area contributed by atoms with Crippen molar-refractivity contribution in [2.45, 2.75) is 6.92 Å². The Morgan fingerprint density at radius 3 is 2.69 bits per heavy atom. The van der Waals surface area contributed by atoms with E-state index in [4.69, 9.17) is 11.6 Å². The zero-order valence-corrected chi connectivity index (χ0v) is 11.4. The van der Waals surface area contributed by atoms with Crippen LogP contribution in [0.1, 0.15) is 6.92 Å². The number of hydrogen-bond donors (Lipinski definition) is 2. The highest BCUT2D eigenvalue weighted by molar-refractivity contribution is 14.1. The lowest BCUT2D eigenvalue weighted by Crippen LogP contribution is -2.31. The van der Waals surface area contributed by atoms with Gasteiger partial charge in [0, 0.05) is 15.5 Å². The fraction of sp³-hybridized carbons (Fsp3) is 0.200. The van der Waals surface area contributed by atoms with Crippen molar-refractivity contribution in [3.63, 3.8) is 0 Å². The maximum Gasteiger partial charge on any atom is 0.243 e. The highest BCUT2D eigenvalue weighted by atomic mass is 127. The minimum Gasteiger partial charge on any atom is -0.347 e. The SMILES string of the molecule is CC(=O)NCC(=O)Nc1ccc(Cl)cc1I. The van der Waals surface area contributed by atoms with Gasteiger partial charge in [-0.1, -0.05) is 11.6 Å². The highest BCUT2D eigenvalue weighted by Gasteiger charge is 2.06. The van der Waals surface area contributed by atoms with Gasteiger partial charge in [-0.3, -0.25) is 9.59 Å². The molecule has 0 spiro atoms. The number of rotatable bonds is 3. The Labute approximate surface area is 112 Å². The van der Waals surface area contributed by atoms with Crippen LogP contribution in [0.2, 0.25) is 5.02 Å². The molecule has 0 aromatic heterocycles. The number of amides is 2. The van der Waals surface area contributed by atoms with Crippen molar-refractivity contribution in [2.75, 3.05) is 11.9 Å². The average Bonchev–Trinajstić information content (AvgIpc) is 2.19. The van der Waals surface area contributed by atoms with Gasteiger partial charge in [0.1, 0.15) is 0 Å². The second-order valence-corrected chi connectivity index (χ2v) is 4.68. The molecule has 4 nitrogen and oxygen atoms in total. The van der Waals surface area contributed by atoms with Crippen molar-refractivity contribution in [2.24, 2.45) is 0 Å². The standard InChI is InChI=1S/C10H10ClIN2O2/c1-6(15)13-5-10(16)14-9-3-2-7(11)4-8(9)12/h2-4H,5H2,1H3,(H,13,15)(H,14,16). The summed E-state index contributed by atoms with van der Waals surface area (Å²) < 4.78 is 0.848. The zero-order chi connectivity index (χ0) is 12.1. The van der Waals surface area contributed by atoms with Gasteiger partial charge in [0.2, 0.25) is 11.8 Å². The van der Waals surface area contributed by atoms with Crippen LogP contribution in [-0.4, -0.2) is 18.4 Å². The third-order valence-corrected chi connectivity index (χ3v) is 2.83. The molecular weight excluding hydrogens is 342 g/mol. The summed E-state index contributed by atoms with van der Waals surface area (Å²) in [6.07, 6.45) is 0. The number of benzene rings is 1. The van der Waals surface area contributed by atoms with Crippen LogP contribution in [0.3, 0.4) is 0 Å². The Kier molecular flexibility index (Phi) is 5.01. The van der Waals surface area contributed by atoms with E-state index >= 15 is 0 Å². The molecular formula is C10H10ClIN2O2. The van der Waals surface area contributed by atoms with Gasteiger partial charge in [-0.05, 0) is 40.8 Å². The van der Waals surface area contributed by atoms with Crippen LogP contribution in [0.5, 0.6) is 0 Å².